The van der Waals surface area contributed by atoms with Crippen LogP contribution in [0.4, 0.5) is 10.1 Å². The molecule has 96 valence electrons. The van der Waals surface area contributed by atoms with Crippen molar-refractivity contribution in [2.24, 2.45) is 0 Å². The van der Waals surface area contributed by atoms with Crippen molar-refractivity contribution in [2.45, 2.75) is 26.4 Å². The Hall–Kier alpha value is -2.11. The molecule has 0 saturated carbocycles. The normalized spacial score (nSPS) is 12.4. The lowest BCUT2D eigenvalue weighted by atomic mass is 10.2. The molecule has 0 bridgehead atoms. The molecule has 6 heteroatoms. The Morgan fingerprint density at radius 3 is 2.94 bits per heavy atom. The van der Waals surface area contributed by atoms with E-state index in [1.165, 1.54) is 12.1 Å². The van der Waals surface area contributed by atoms with E-state index < -0.39 is 5.82 Å². The average molecular weight is 251 g/mol. The van der Waals surface area contributed by atoms with Crippen molar-refractivity contribution in [3.63, 3.8) is 0 Å². The van der Waals surface area contributed by atoms with E-state index in [0.29, 0.717) is 12.2 Å². The van der Waals surface area contributed by atoms with Gasteiger partial charge in [0.1, 0.15) is 17.7 Å². The number of nitrogens with one attached hydrogen (secondary N) is 2. The molecule has 0 aliphatic rings. The fraction of sp³-hybridized carbons (Fsp3) is 0.333. The molecule has 1 atom stereocenters. The second-order valence-electron chi connectivity index (χ2n) is 4.24. The predicted molar refractivity (Wildman–Crippen MR) is 64.5 cm³/mol. The van der Waals surface area contributed by atoms with Gasteiger partial charge < -0.3 is 10.5 Å². The molecule has 5 nitrogen and oxygen atoms in total. The molecule has 0 amide bonds. The molecule has 1 heterocycles. The van der Waals surface area contributed by atoms with Crippen molar-refractivity contribution < 1.29 is 14.1 Å². The molecule has 4 N–H and O–H groups in total. The van der Waals surface area contributed by atoms with Gasteiger partial charge in [0.05, 0.1) is 12.1 Å². The highest BCUT2D eigenvalue weighted by Crippen LogP contribution is 2.19. The molecule has 0 fully saturated rings. The summed E-state index contributed by atoms with van der Waals surface area (Å²) in [6.45, 7) is 3.78. The van der Waals surface area contributed by atoms with Gasteiger partial charge in [0.15, 0.2) is 0 Å². The van der Waals surface area contributed by atoms with Gasteiger partial charge in [0.25, 0.3) is 5.82 Å². The van der Waals surface area contributed by atoms with E-state index in [-0.39, 0.29) is 11.8 Å². The van der Waals surface area contributed by atoms with Crippen molar-refractivity contribution in [1.29, 1.82) is 0 Å². The second-order valence-corrected chi connectivity index (χ2v) is 4.24. The van der Waals surface area contributed by atoms with E-state index in [4.69, 9.17) is 10.5 Å². The topological polar surface area (TPSA) is 78.1 Å². The zero-order chi connectivity index (χ0) is 13.1. The molecule has 0 radical (unpaired) electrons. The molecule has 18 heavy (non-hydrogen) atoms. The molecule has 0 spiro atoms. The quantitative estimate of drug-likeness (QED) is 0.803. The van der Waals surface area contributed by atoms with Crippen LogP contribution in [0.5, 0.6) is 5.75 Å². The number of H-pyrrole nitrogens is 2. The first-order valence-corrected chi connectivity index (χ1v) is 5.69. The smallest absolute Gasteiger partial charge is 0.278 e. The van der Waals surface area contributed by atoms with E-state index in [0.717, 1.165) is 11.6 Å². The minimum absolute atomic E-state index is 0.117. The van der Waals surface area contributed by atoms with E-state index in [9.17, 15) is 4.39 Å². The first-order chi connectivity index (χ1) is 8.54. The zero-order valence-corrected chi connectivity index (χ0v) is 10.3. The van der Waals surface area contributed by atoms with Gasteiger partial charge in [-0.1, -0.05) is 0 Å². The fourth-order valence-corrected chi connectivity index (χ4v) is 1.65. The van der Waals surface area contributed by atoms with Gasteiger partial charge in [-0.2, -0.15) is 0 Å². The van der Waals surface area contributed by atoms with Gasteiger partial charge in [-0.25, -0.2) is 9.37 Å². The van der Waals surface area contributed by atoms with Crippen molar-refractivity contribution in [1.82, 2.24) is 10.2 Å². The van der Waals surface area contributed by atoms with Gasteiger partial charge in [-0.3, -0.25) is 0 Å². The van der Waals surface area contributed by atoms with Crippen molar-refractivity contribution in [2.75, 3.05) is 5.73 Å². The highest BCUT2D eigenvalue weighted by atomic mass is 19.1. The van der Waals surface area contributed by atoms with Crippen molar-refractivity contribution in [3.05, 3.63) is 35.7 Å². The lowest BCUT2D eigenvalue weighted by Gasteiger charge is -2.12. The SMILES string of the molecule is Cc1[nH]nc(C[C@@H](C)Oc2ccc(N)c(F)c2)[nH+]1. The molecular weight excluding hydrogens is 235 g/mol. The second kappa shape index (κ2) is 5.03. The van der Waals surface area contributed by atoms with Crippen LogP contribution >= 0.6 is 0 Å². The highest BCUT2D eigenvalue weighted by molar-refractivity contribution is 5.43. The van der Waals surface area contributed by atoms with Crippen LogP contribution in [0.15, 0.2) is 18.2 Å². The third kappa shape index (κ3) is 2.97. The summed E-state index contributed by atoms with van der Waals surface area (Å²) in [5.74, 6) is 1.68. The summed E-state index contributed by atoms with van der Waals surface area (Å²) in [5.41, 5.74) is 5.51. The van der Waals surface area contributed by atoms with Crippen LogP contribution < -0.4 is 15.5 Å². The number of nitrogens with zero attached hydrogens (tertiary/aromatic N) is 1. The molecule has 1 aromatic heterocycles. The van der Waals surface area contributed by atoms with Crippen LogP contribution in [0.25, 0.3) is 0 Å². The molecule has 2 aromatic rings. The Morgan fingerprint density at radius 2 is 2.33 bits per heavy atom. The number of halogens is 1. The summed E-state index contributed by atoms with van der Waals surface area (Å²) in [6, 6.07) is 4.42. The number of hydrogen-bond donors (Lipinski definition) is 2. The number of anilines is 1. The number of nitrogen functional groups attached to an aromatic ring is 1. The average Bonchev–Trinajstić information content (AvgIpc) is 2.69. The Morgan fingerprint density at radius 1 is 1.56 bits per heavy atom. The minimum Gasteiger partial charge on any atom is -0.490 e. The number of ether oxygens (including phenoxy) is 1. The minimum atomic E-state index is -0.470. The molecule has 2 rings (SSSR count). The van der Waals surface area contributed by atoms with Crippen LogP contribution in [0.1, 0.15) is 18.6 Å². The molecule has 0 saturated heterocycles. The number of aromatic nitrogens is 3. The van der Waals surface area contributed by atoms with Gasteiger partial charge >= 0.3 is 0 Å². The van der Waals surface area contributed by atoms with Crippen molar-refractivity contribution >= 4 is 5.69 Å². The van der Waals surface area contributed by atoms with E-state index in [2.05, 4.69) is 15.2 Å². The molecule has 0 aliphatic carbocycles. The summed E-state index contributed by atoms with van der Waals surface area (Å²) in [4.78, 5) is 3.07. The van der Waals surface area contributed by atoms with E-state index >= 15 is 0 Å². The first kappa shape index (κ1) is 12.3. The number of hydrogen-bond acceptors (Lipinski definition) is 3. The lowest BCUT2D eigenvalue weighted by Crippen LogP contribution is -2.21. The summed E-state index contributed by atoms with van der Waals surface area (Å²) in [7, 11) is 0. The molecular formula is C12H16FN4O+. The Bertz CT molecular complexity index is 541. The summed E-state index contributed by atoms with van der Waals surface area (Å²) >= 11 is 0. The maximum atomic E-state index is 13.2. The van der Waals surface area contributed by atoms with Gasteiger partial charge in [-0.05, 0) is 19.1 Å². The number of aromatic amines is 2. The highest BCUT2D eigenvalue weighted by Gasteiger charge is 2.14. The van der Waals surface area contributed by atoms with Crippen LogP contribution in [0.2, 0.25) is 0 Å². The van der Waals surface area contributed by atoms with Crippen LogP contribution in [0.3, 0.4) is 0 Å². The first-order valence-electron chi connectivity index (χ1n) is 5.69. The van der Waals surface area contributed by atoms with Gasteiger partial charge in [-0.15, -0.1) is 5.10 Å². The van der Waals surface area contributed by atoms with Gasteiger partial charge in [0, 0.05) is 18.1 Å². The maximum absolute atomic E-state index is 13.2. The number of nitrogens with two attached hydrogens (primary N) is 1. The summed E-state index contributed by atoms with van der Waals surface area (Å²) in [5, 5.41) is 6.89. The number of rotatable bonds is 4. The molecule has 1 aromatic carbocycles. The monoisotopic (exact) mass is 251 g/mol. The molecule has 0 unspecified atom stereocenters. The van der Waals surface area contributed by atoms with Gasteiger partial charge in [0.2, 0.25) is 5.82 Å². The third-order valence-electron chi connectivity index (χ3n) is 2.48. The maximum Gasteiger partial charge on any atom is 0.278 e. The predicted octanol–water partition coefficient (Wildman–Crippen LogP) is 1.26. The summed E-state index contributed by atoms with van der Waals surface area (Å²) < 4.78 is 18.8. The number of aryl methyl sites for hydroxylation is 1. The fourth-order valence-electron chi connectivity index (χ4n) is 1.65. The summed E-state index contributed by atoms with van der Waals surface area (Å²) in [6.07, 6.45) is 0.489. The molecule has 0 aliphatic heterocycles. The van der Waals surface area contributed by atoms with Crippen molar-refractivity contribution in [3.8, 4) is 5.75 Å². The Kier molecular flexibility index (Phi) is 3.45. The standard InChI is InChI=1S/C12H15FN4O/c1-7(5-12-15-8(2)16-17-12)18-9-3-4-11(14)10(13)6-9/h3-4,6-7H,5,14H2,1-2H3,(H,15,16,17)/p+1/t7-/m1/s1. The lowest BCUT2D eigenvalue weighted by molar-refractivity contribution is -0.400. The van der Waals surface area contributed by atoms with Crippen LogP contribution in [-0.4, -0.2) is 16.3 Å². The van der Waals surface area contributed by atoms with E-state index in [1.54, 1.807) is 6.07 Å². The third-order valence-corrected chi connectivity index (χ3v) is 2.48. The van der Waals surface area contributed by atoms with Crippen LogP contribution in [-0.2, 0) is 6.42 Å². The largest absolute Gasteiger partial charge is 0.490 e. The Balaban J connectivity index is 1.98. The zero-order valence-electron chi connectivity index (χ0n) is 10.3. The van der Waals surface area contributed by atoms with E-state index in [1.807, 2.05) is 13.8 Å². The van der Waals surface area contributed by atoms with Crippen LogP contribution in [0, 0.1) is 12.7 Å². The Labute approximate surface area is 104 Å². The number of benzene rings is 1.